The van der Waals surface area contributed by atoms with Crippen LogP contribution in [0, 0.1) is 5.92 Å². The van der Waals surface area contributed by atoms with E-state index in [-0.39, 0.29) is 12.0 Å². The molecule has 0 aliphatic carbocycles. The molecule has 0 amide bonds. The topological polar surface area (TPSA) is 84.8 Å². The number of nitrogens with one attached hydrogen (secondary N) is 2. The first-order chi connectivity index (χ1) is 10.8. The fraction of sp³-hybridized carbons (Fsp3) is 0.400. The summed E-state index contributed by atoms with van der Waals surface area (Å²) >= 11 is 0. The molecule has 2 N–H and O–H groups in total. The summed E-state index contributed by atoms with van der Waals surface area (Å²) in [6.45, 7) is 4.18. The van der Waals surface area contributed by atoms with E-state index in [9.17, 15) is 4.79 Å². The number of carbonyl (C=O) groups is 1. The lowest BCUT2D eigenvalue weighted by atomic mass is 9.89. The molecule has 7 nitrogen and oxygen atoms in total. The zero-order valence-corrected chi connectivity index (χ0v) is 12.6. The van der Waals surface area contributed by atoms with Crippen molar-refractivity contribution >= 4 is 11.9 Å². The van der Waals surface area contributed by atoms with Gasteiger partial charge >= 0.3 is 5.97 Å². The summed E-state index contributed by atoms with van der Waals surface area (Å²) in [5.41, 5.74) is 1.78. The Balaban J connectivity index is 2.11. The first kappa shape index (κ1) is 14.4. The summed E-state index contributed by atoms with van der Waals surface area (Å²) in [5, 5.41) is 7.47. The number of H-pyrrole nitrogens is 1. The molecule has 2 aromatic heterocycles. The number of aromatic nitrogens is 4. The molecule has 2 aromatic rings. The predicted molar refractivity (Wildman–Crippen MR) is 81.1 cm³/mol. The molecule has 3 heterocycles. The average Bonchev–Trinajstić information content (AvgIpc) is 3.17. The van der Waals surface area contributed by atoms with E-state index in [1.165, 1.54) is 6.33 Å². The zero-order chi connectivity index (χ0) is 15.5. The van der Waals surface area contributed by atoms with Gasteiger partial charge in [-0.25, -0.2) is 4.68 Å². The molecule has 3 rings (SSSR count). The van der Waals surface area contributed by atoms with Gasteiger partial charge in [-0.2, -0.15) is 10.1 Å². The molecule has 0 bridgehead atoms. The van der Waals surface area contributed by atoms with Crippen molar-refractivity contribution in [2.75, 3.05) is 11.9 Å². The molecule has 1 aliphatic rings. The van der Waals surface area contributed by atoms with Crippen LogP contribution in [-0.4, -0.2) is 32.3 Å². The summed E-state index contributed by atoms with van der Waals surface area (Å²) < 4.78 is 7.02. The molecule has 0 spiro atoms. The van der Waals surface area contributed by atoms with Crippen LogP contribution in [-0.2, 0) is 9.53 Å². The largest absolute Gasteiger partial charge is 0.465 e. The van der Waals surface area contributed by atoms with Gasteiger partial charge < -0.3 is 15.0 Å². The second-order valence-corrected chi connectivity index (χ2v) is 5.04. The van der Waals surface area contributed by atoms with Gasteiger partial charge in [0.1, 0.15) is 18.3 Å². The van der Waals surface area contributed by atoms with Crippen LogP contribution in [0.2, 0.25) is 0 Å². The van der Waals surface area contributed by atoms with Gasteiger partial charge in [0.25, 0.3) is 0 Å². The highest BCUT2D eigenvalue weighted by molar-refractivity contribution is 5.79. The molecule has 116 valence electrons. The maximum atomic E-state index is 12.5. The maximum Gasteiger partial charge on any atom is 0.317 e. The van der Waals surface area contributed by atoms with Crippen molar-refractivity contribution in [2.45, 2.75) is 26.3 Å². The number of hydrogen-bond acceptors (Lipinski definition) is 5. The summed E-state index contributed by atoms with van der Waals surface area (Å²) in [6.07, 6.45) is 8.00. The van der Waals surface area contributed by atoms with Crippen molar-refractivity contribution in [3.05, 3.63) is 42.1 Å². The van der Waals surface area contributed by atoms with Crippen LogP contribution in [0.3, 0.4) is 0 Å². The SMILES string of the molecule is CC/C=C1\Nc2ncnn2[C@@H](c2cc[nH]c2)[C@@H]1C(=O)OCC. The minimum atomic E-state index is -0.468. The molecule has 2 atom stereocenters. The van der Waals surface area contributed by atoms with Gasteiger partial charge in [-0.15, -0.1) is 0 Å². The molecule has 1 aliphatic heterocycles. The van der Waals surface area contributed by atoms with Gasteiger partial charge in [-0.1, -0.05) is 13.0 Å². The number of hydrogen-bond donors (Lipinski definition) is 2. The van der Waals surface area contributed by atoms with Gasteiger partial charge in [-0.3, -0.25) is 4.79 Å². The smallest absolute Gasteiger partial charge is 0.317 e. The summed E-state index contributed by atoms with van der Waals surface area (Å²) in [4.78, 5) is 19.8. The molecule has 0 fully saturated rings. The Morgan fingerprint density at radius 1 is 1.50 bits per heavy atom. The number of aromatic amines is 1. The molecular weight excluding hydrogens is 282 g/mol. The molecule has 0 saturated heterocycles. The van der Waals surface area contributed by atoms with Crippen LogP contribution in [0.15, 0.2) is 36.6 Å². The van der Waals surface area contributed by atoms with Crippen molar-refractivity contribution < 1.29 is 9.53 Å². The van der Waals surface area contributed by atoms with Gasteiger partial charge in [-0.05, 0) is 25.0 Å². The standard InChI is InChI=1S/C15H19N5O2/c1-3-5-11-12(14(21)22-4-2)13(10-6-7-16-8-10)20-15(19-11)17-9-18-20/h5-9,12-13,16H,3-4H2,1-2H3,(H,17,18,19)/b11-5-/t12-,13+/m1/s1. The lowest BCUT2D eigenvalue weighted by Crippen LogP contribution is -2.38. The number of rotatable bonds is 4. The first-order valence-electron chi connectivity index (χ1n) is 7.42. The number of esters is 1. The Morgan fingerprint density at radius 2 is 2.36 bits per heavy atom. The summed E-state index contributed by atoms with van der Waals surface area (Å²) in [5.74, 6) is -0.0987. The minimum Gasteiger partial charge on any atom is -0.465 e. The van der Waals surface area contributed by atoms with E-state index in [0.717, 1.165) is 17.7 Å². The van der Waals surface area contributed by atoms with Crippen molar-refractivity contribution in [3.63, 3.8) is 0 Å². The normalized spacial score (nSPS) is 22.2. The van der Waals surface area contributed by atoms with Gasteiger partial charge in [0.05, 0.1) is 6.61 Å². The zero-order valence-electron chi connectivity index (χ0n) is 12.6. The van der Waals surface area contributed by atoms with E-state index in [1.807, 2.05) is 38.4 Å². The Bertz CT molecular complexity index is 674. The van der Waals surface area contributed by atoms with E-state index in [4.69, 9.17) is 4.74 Å². The fourth-order valence-corrected chi connectivity index (χ4v) is 2.80. The number of allylic oxidation sites excluding steroid dienone is 1. The molecule has 22 heavy (non-hydrogen) atoms. The highest BCUT2D eigenvalue weighted by Gasteiger charge is 2.41. The van der Waals surface area contributed by atoms with Crippen LogP contribution in [0.4, 0.5) is 5.95 Å². The second-order valence-electron chi connectivity index (χ2n) is 5.04. The quantitative estimate of drug-likeness (QED) is 0.845. The van der Waals surface area contributed by atoms with E-state index in [0.29, 0.717) is 12.6 Å². The second kappa shape index (κ2) is 6.05. The third kappa shape index (κ3) is 2.38. The Kier molecular flexibility index (Phi) is 3.95. The molecular formula is C15H19N5O2. The van der Waals surface area contributed by atoms with Gasteiger partial charge in [0, 0.05) is 18.1 Å². The number of anilines is 1. The fourth-order valence-electron chi connectivity index (χ4n) is 2.80. The van der Waals surface area contributed by atoms with Crippen molar-refractivity contribution in [3.8, 4) is 0 Å². The van der Waals surface area contributed by atoms with Crippen LogP contribution in [0.1, 0.15) is 31.9 Å². The van der Waals surface area contributed by atoms with E-state index >= 15 is 0 Å². The molecule has 7 heteroatoms. The number of ether oxygens (including phenoxy) is 1. The molecule has 0 unspecified atom stereocenters. The average molecular weight is 301 g/mol. The van der Waals surface area contributed by atoms with Crippen LogP contribution < -0.4 is 5.32 Å². The number of fused-ring (bicyclic) bond motifs is 1. The van der Waals surface area contributed by atoms with Crippen molar-refractivity contribution in [1.82, 2.24) is 19.7 Å². The van der Waals surface area contributed by atoms with Crippen molar-refractivity contribution in [2.24, 2.45) is 5.92 Å². The van der Waals surface area contributed by atoms with Crippen LogP contribution >= 0.6 is 0 Å². The Morgan fingerprint density at radius 3 is 3.05 bits per heavy atom. The Hall–Kier alpha value is -2.57. The highest BCUT2D eigenvalue weighted by Crippen LogP contribution is 2.38. The van der Waals surface area contributed by atoms with Crippen LogP contribution in [0.25, 0.3) is 0 Å². The lowest BCUT2D eigenvalue weighted by Gasteiger charge is -2.33. The maximum absolute atomic E-state index is 12.5. The van der Waals surface area contributed by atoms with Crippen LogP contribution in [0.5, 0.6) is 0 Å². The van der Waals surface area contributed by atoms with Crippen molar-refractivity contribution in [1.29, 1.82) is 0 Å². The molecule has 0 aromatic carbocycles. The molecule has 0 radical (unpaired) electrons. The third-order valence-electron chi connectivity index (χ3n) is 3.67. The Labute approximate surface area is 128 Å². The number of nitrogens with zero attached hydrogens (tertiary/aromatic N) is 3. The summed E-state index contributed by atoms with van der Waals surface area (Å²) in [7, 11) is 0. The monoisotopic (exact) mass is 301 g/mol. The van der Waals surface area contributed by atoms with Gasteiger partial charge in [0.2, 0.25) is 5.95 Å². The predicted octanol–water partition coefficient (Wildman–Crippen LogP) is 2.09. The van der Waals surface area contributed by atoms with Gasteiger partial charge in [0.15, 0.2) is 0 Å². The van der Waals surface area contributed by atoms with E-state index < -0.39 is 5.92 Å². The minimum absolute atomic E-state index is 0.262. The van der Waals surface area contributed by atoms with E-state index in [2.05, 4.69) is 20.4 Å². The number of carbonyl (C=O) groups excluding carboxylic acids is 1. The van der Waals surface area contributed by atoms with E-state index in [1.54, 1.807) is 4.68 Å². The lowest BCUT2D eigenvalue weighted by molar-refractivity contribution is -0.147. The summed E-state index contributed by atoms with van der Waals surface area (Å²) in [6, 6.07) is 1.67. The first-order valence-corrected chi connectivity index (χ1v) is 7.42. The highest BCUT2D eigenvalue weighted by atomic mass is 16.5. The molecule has 0 saturated carbocycles. The third-order valence-corrected chi connectivity index (χ3v) is 3.67.